The van der Waals surface area contributed by atoms with Crippen molar-refractivity contribution in [2.75, 3.05) is 15.5 Å². The lowest BCUT2D eigenvalue weighted by molar-refractivity contribution is -0.137. The van der Waals surface area contributed by atoms with Gasteiger partial charge in [-0.2, -0.15) is 13.2 Å². The highest BCUT2D eigenvalue weighted by Gasteiger charge is 2.41. The molecule has 3 amide bonds. The van der Waals surface area contributed by atoms with Gasteiger partial charge in [0, 0.05) is 22.7 Å². The third-order valence-corrected chi connectivity index (χ3v) is 6.54. The largest absolute Gasteiger partial charge is 0.416 e. The molecule has 10 heteroatoms. The fourth-order valence-electron chi connectivity index (χ4n) is 3.75. The lowest BCUT2D eigenvalue weighted by Crippen LogP contribution is -2.32. The number of alkyl halides is 3. The second-order valence-corrected chi connectivity index (χ2v) is 10.0. The average molecular weight is 540 g/mol. The van der Waals surface area contributed by atoms with Crippen LogP contribution in [0.15, 0.2) is 94.4 Å². The second kappa shape index (κ2) is 11.1. The van der Waals surface area contributed by atoms with E-state index in [1.54, 1.807) is 54.6 Å². The number of anilines is 3. The molecule has 6 nitrogen and oxygen atoms in total. The fourth-order valence-corrected chi connectivity index (χ4v) is 4.74. The fraction of sp³-hybridized carbons (Fsp3) is 0.179. The summed E-state index contributed by atoms with van der Waals surface area (Å²) in [5.41, 5.74) is 0.230. The van der Waals surface area contributed by atoms with E-state index in [1.807, 2.05) is 13.8 Å². The number of para-hydroxylation sites is 1. The van der Waals surface area contributed by atoms with Crippen molar-refractivity contribution in [3.05, 3.63) is 95.0 Å². The molecule has 0 unspecified atom stereocenters. The first-order valence-corrected chi connectivity index (χ1v) is 12.5. The normalized spacial score (nSPS) is 13.9. The predicted molar refractivity (Wildman–Crippen MR) is 141 cm³/mol. The van der Waals surface area contributed by atoms with Crippen LogP contribution in [0.3, 0.4) is 0 Å². The average Bonchev–Trinajstić information content (AvgIpc) is 3.08. The molecule has 0 aliphatic carbocycles. The highest BCUT2D eigenvalue weighted by Crippen LogP contribution is 2.39. The molecule has 1 aliphatic heterocycles. The van der Waals surface area contributed by atoms with Crippen molar-refractivity contribution < 1.29 is 27.6 Å². The van der Waals surface area contributed by atoms with Crippen LogP contribution in [0.5, 0.6) is 0 Å². The highest BCUT2D eigenvalue weighted by molar-refractivity contribution is 8.04. The summed E-state index contributed by atoms with van der Waals surface area (Å²) in [5.74, 6) is -1.33. The third kappa shape index (κ3) is 6.25. The molecule has 1 heterocycles. The van der Waals surface area contributed by atoms with Gasteiger partial charge >= 0.3 is 6.18 Å². The van der Waals surface area contributed by atoms with E-state index in [1.165, 1.54) is 0 Å². The zero-order valence-electron chi connectivity index (χ0n) is 20.5. The van der Waals surface area contributed by atoms with E-state index in [2.05, 4.69) is 10.6 Å². The number of imide groups is 1. The Bertz CT molecular complexity index is 1390. The molecule has 2 N–H and O–H groups in total. The molecular weight excluding hydrogens is 515 g/mol. The number of hydrogen-bond donors (Lipinski definition) is 2. The summed E-state index contributed by atoms with van der Waals surface area (Å²) in [6.07, 6.45) is -4.20. The molecular formula is C28H24F3N3O3S. The van der Waals surface area contributed by atoms with Crippen LogP contribution in [0, 0.1) is 5.92 Å². The molecule has 0 aromatic heterocycles. The molecule has 0 saturated carbocycles. The maximum Gasteiger partial charge on any atom is 0.416 e. The smallest absolute Gasteiger partial charge is 0.350 e. The van der Waals surface area contributed by atoms with Crippen molar-refractivity contribution >= 4 is 46.5 Å². The second-order valence-electron chi connectivity index (χ2n) is 8.96. The molecule has 3 aromatic carbocycles. The number of nitrogens with one attached hydrogen (secondary N) is 2. The van der Waals surface area contributed by atoms with Gasteiger partial charge in [-0.3, -0.25) is 14.4 Å². The van der Waals surface area contributed by atoms with Gasteiger partial charge in [-0.05, 0) is 60.5 Å². The highest BCUT2D eigenvalue weighted by atomic mass is 32.2. The Morgan fingerprint density at radius 1 is 0.895 bits per heavy atom. The van der Waals surface area contributed by atoms with E-state index in [0.29, 0.717) is 22.7 Å². The third-order valence-electron chi connectivity index (χ3n) is 5.47. The zero-order valence-corrected chi connectivity index (χ0v) is 21.3. The molecule has 0 radical (unpaired) electrons. The molecule has 0 bridgehead atoms. The predicted octanol–water partition coefficient (Wildman–Crippen LogP) is 6.68. The Labute approximate surface area is 221 Å². The molecule has 38 heavy (non-hydrogen) atoms. The molecule has 1 aliphatic rings. The molecule has 3 aromatic rings. The Morgan fingerprint density at radius 2 is 1.55 bits per heavy atom. The summed E-state index contributed by atoms with van der Waals surface area (Å²) in [6, 6.07) is 19.5. The van der Waals surface area contributed by atoms with Crippen LogP contribution in [0.4, 0.5) is 30.2 Å². The minimum absolute atomic E-state index is 0.000319. The number of halogens is 3. The molecule has 196 valence electrons. The lowest BCUT2D eigenvalue weighted by atomic mass is 10.1. The van der Waals surface area contributed by atoms with Crippen molar-refractivity contribution in [2.45, 2.75) is 31.3 Å². The van der Waals surface area contributed by atoms with Gasteiger partial charge in [0.2, 0.25) is 5.91 Å². The summed E-state index contributed by atoms with van der Waals surface area (Å²) in [6.45, 7) is 3.87. The van der Waals surface area contributed by atoms with Crippen molar-refractivity contribution in [2.24, 2.45) is 5.92 Å². The van der Waals surface area contributed by atoms with Crippen LogP contribution in [-0.4, -0.2) is 17.7 Å². The minimum atomic E-state index is -4.55. The van der Waals surface area contributed by atoms with E-state index >= 15 is 0 Å². The van der Waals surface area contributed by atoms with Crippen LogP contribution in [0.2, 0.25) is 0 Å². The van der Waals surface area contributed by atoms with Crippen LogP contribution in [0.25, 0.3) is 0 Å². The molecule has 0 spiro atoms. The van der Waals surface area contributed by atoms with Gasteiger partial charge in [0.15, 0.2) is 0 Å². The Balaban J connectivity index is 1.66. The van der Waals surface area contributed by atoms with Gasteiger partial charge in [0.1, 0.15) is 10.6 Å². The number of benzene rings is 3. The van der Waals surface area contributed by atoms with E-state index < -0.39 is 23.6 Å². The molecule has 4 rings (SSSR count). The zero-order chi connectivity index (χ0) is 27.4. The number of carbonyl (C=O) groups excluding carboxylic acids is 3. The van der Waals surface area contributed by atoms with E-state index in [-0.39, 0.29) is 28.1 Å². The summed E-state index contributed by atoms with van der Waals surface area (Å²) < 4.78 is 39.1. The Hall–Kier alpha value is -4.05. The number of thioether (sulfide) groups is 1. The SMILES string of the molecule is CC(C)CC(=O)Nc1cccc(SC2=C(Nc3ccccc3)C(=O)N(c3ccc(C(F)(F)F)cc3)C2=O)c1. The molecule has 0 fully saturated rings. The first-order valence-electron chi connectivity index (χ1n) is 11.7. The summed E-state index contributed by atoms with van der Waals surface area (Å²) in [7, 11) is 0. The number of rotatable bonds is 8. The number of nitrogens with zero attached hydrogens (tertiary/aromatic N) is 1. The van der Waals surface area contributed by atoms with Gasteiger partial charge in [-0.1, -0.05) is 49.9 Å². The quantitative estimate of drug-likeness (QED) is 0.312. The van der Waals surface area contributed by atoms with E-state index in [4.69, 9.17) is 0 Å². The minimum Gasteiger partial charge on any atom is -0.350 e. The number of amides is 3. The monoisotopic (exact) mass is 539 g/mol. The summed E-state index contributed by atoms with van der Waals surface area (Å²) >= 11 is 1.03. The topological polar surface area (TPSA) is 78.5 Å². The maximum absolute atomic E-state index is 13.5. The van der Waals surface area contributed by atoms with Crippen molar-refractivity contribution in [3.8, 4) is 0 Å². The molecule has 0 atom stereocenters. The van der Waals surface area contributed by atoms with E-state index in [9.17, 15) is 27.6 Å². The first-order chi connectivity index (χ1) is 18.0. The van der Waals surface area contributed by atoms with Crippen molar-refractivity contribution in [1.82, 2.24) is 0 Å². The summed E-state index contributed by atoms with van der Waals surface area (Å²) in [5, 5.41) is 5.82. The van der Waals surface area contributed by atoms with Crippen LogP contribution < -0.4 is 15.5 Å². The van der Waals surface area contributed by atoms with E-state index in [0.717, 1.165) is 40.9 Å². The Morgan fingerprint density at radius 3 is 2.18 bits per heavy atom. The van der Waals surface area contributed by atoms with Crippen molar-refractivity contribution in [3.63, 3.8) is 0 Å². The Kier molecular flexibility index (Phi) is 7.91. The van der Waals surface area contributed by atoms with Gasteiger partial charge in [0.05, 0.1) is 11.3 Å². The van der Waals surface area contributed by atoms with Gasteiger partial charge in [-0.25, -0.2) is 4.90 Å². The maximum atomic E-state index is 13.5. The van der Waals surface area contributed by atoms with Gasteiger partial charge < -0.3 is 10.6 Å². The van der Waals surface area contributed by atoms with Gasteiger partial charge in [0.25, 0.3) is 11.8 Å². The van der Waals surface area contributed by atoms with Crippen LogP contribution in [-0.2, 0) is 20.6 Å². The van der Waals surface area contributed by atoms with Gasteiger partial charge in [-0.15, -0.1) is 0 Å². The standard InChI is InChI=1S/C28H24F3N3O3S/c1-17(2)15-23(35)32-20-9-6-10-22(16-20)38-25-24(33-19-7-4-3-5-8-19)26(36)34(27(25)37)21-13-11-18(12-14-21)28(29,30)31/h3-14,16-17,33H,15H2,1-2H3,(H,32,35). The van der Waals surface area contributed by atoms with Crippen LogP contribution in [0.1, 0.15) is 25.8 Å². The number of hydrogen-bond acceptors (Lipinski definition) is 5. The molecule has 0 saturated heterocycles. The number of carbonyl (C=O) groups is 3. The first kappa shape index (κ1) is 27.0. The van der Waals surface area contributed by atoms with Crippen molar-refractivity contribution in [1.29, 1.82) is 0 Å². The summed E-state index contributed by atoms with van der Waals surface area (Å²) in [4.78, 5) is 40.6. The van der Waals surface area contributed by atoms with Crippen LogP contribution >= 0.6 is 11.8 Å². The lowest BCUT2D eigenvalue weighted by Gasteiger charge is -2.16.